The number of carboxylic acid groups (broad SMARTS) is 3. The second kappa shape index (κ2) is 10.2. The highest BCUT2D eigenvalue weighted by atomic mass is 27.1. The molecule has 10 heteroatoms. The first-order valence-corrected chi connectivity index (χ1v) is 9.43. The van der Waals surface area contributed by atoms with Crippen LogP contribution in [0.3, 0.4) is 0 Å². The van der Waals surface area contributed by atoms with Gasteiger partial charge in [0.05, 0.1) is 0 Å². The minimum Gasteiger partial charge on any atom is -0.481 e. The van der Waals surface area contributed by atoms with Crippen molar-refractivity contribution < 1.29 is 34.5 Å². The predicted octanol–water partition coefficient (Wildman–Crippen LogP) is 0.520. The third-order valence-corrected chi connectivity index (χ3v) is 5.68. The number of nitrogens with one attached hydrogen (secondary N) is 2. The van der Waals surface area contributed by atoms with Gasteiger partial charge in [-0.2, -0.15) is 0 Å². The molecular formula is C14H25AlN2O7. The molecular weight excluding hydrogens is 335 g/mol. The van der Waals surface area contributed by atoms with Crippen LogP contribution in [0.5, 0.6) is 0 Å². The maximum Gasteiger partial charge on any atom is 0.326 e. The molecule has 0 saturated carbocycles. The molecule has 0 aromatic carbocycles. The van der Waals surface area contributed by atoms with E-state index in [0.29, 0.717) is 0 Å². The summed E-state index contributed by atoms with van der Waals surface area (Å²) in [5.74, 6) is -3.75. The molecule has 24 heavy (non-hydrogen) atoms. The van der Waals surface area contributed by atoms with E-state index in [4.69, 9.17) is 10.2 Å². The molecule has 0 aromatic rings. The molecule has 2 amide bonds. The number of aliphatic carboxylic acids is 3. The van der Waals surface area contributed by atoms with Gasteiger partial charge in [-0.15, -0.1) is 0 Å². The van der Waals surface area contributed by atoms with Gasteiger partial charge >= 0.3 is 23.9 Å². The lowest BCUT2D eigenvalue weighted by Crippen LogP contribution is -2.52. The summed E-state index contributed by atoms with van der Waals surface area (Å²) in [4.78, 5) is 44.7. The van der Waals surface area contributed by atoms with Gasteiger partial charge in [-0.05, 0) is 12.8 Å². The van der Waals surface area contributed by atoms with Crippen LogP contribution in [0.15, 0.2) is 0 Å². The summed E-state index contributed by atoms with van der Waals surface area (Å²) < 4.78 is -0.166. The average molecular weight is 360 g/mol. The van der Waals surface area contributed by atoms with Crippen LogP contribution in [0.4, 0.5) is 4.79 Å². The summed E-state index contributed by atoms with van der Waals surface area (Å²) in [7, 11) is 0. The summed E-state index contributed by atoms with van der Waals surface area (Å²) in [6, 6.07) is -3.46. The quantitative estimate of drug-likeness (QED) is 0.337. The Bertz CT molecular complexity index is 482. The fourth-order valence-electron chi connectivity index (χ4n) is 2.41. The molecule has 2 atom stereocenters. The maximum absolute atomic E-state index is 11.9. The van der Waals surface area contributed by atoms with Crippen molar-refractivity contribution in [3.63, 3.8) is 0 Å². The zero-order valence-corrected chi connectivity index (χ0v) is 15.6. The number of hydrogen-bond acceptors (Lipinski definition) is 4. The topological polar surface area (TPSA) is 153 Å². The first kappa shape index (κ1) is 22.2. The normalized spacial score (nSPS) is 13.5. The second-order valence-electron chi connectivity index (χ2n) is 6.45. The van der Waals surface area contributed by atoms with E-state index in [1.807, 2.05) is 20.8 Å². The fourth-order valence-corrected chi connectivity index (χ4v) is 4.26. The van der Waals surface area contributed by atoms with Gasteiger partial charge < -0.3 is 26.0 Å². The van der Waals surface area contributed by atoms with E-state index in [9.17, 15) is 24.3 Å². The molecule has 2 unspecified atom stereocenters. The highest BCUT2D eigenvalue weighted by Crippen LogP contribution is 2.30. The molecule has 0 fully saturated rings. The number of rotatable bonds is 11. The van der Waals surface area contributed by atoms with E-state index in [0.717, 1.165) is 5.28 Å². The molecule has 136 valence electrons. The van der Waals surface area contributed by atoms with Gasteiger partial charge in [0.2, 0.25) is 15.2 Å². The maximum atomic E-state index is 11.9. The minimum absolute atomic E-state index is 0.166. The predicted molar refractivity (Wildman–Crippen MR) is 87.7 cm³/mol. The second-order valence-corrected chi connectivity index (χ2v) is 9.86. The van der Waals surface area contributed by atoms with Crippen molar-refractivity contribution in [2.45, 2.75) is 61.7 Å². The molecule has 0 aliphatic heterocycles. The van der Waals surface area contributed by atoms with Crippen molar-refractivity contribution in [3.05, 3.63) is 0 Å². The van der Waals surface area contributed by atoms with E-state index in [1.54, 1.807) is 0 Å². The third kappa shape index (κ3) is 9.37. The molecule has 0 radical (unpaired) electrons. The van der Waals surface area contributed by atoms with Crippen LogP contribution in [0, 0.1) is 0 Å². The lowest BCUT2D eigenvalue weighted by molar-refractivity contribution is -0.140. The lowest BCUT2D eigenvalue weighted by atomic mass is 10.0. The molecule has 0 aliphatic carbocycles. The fraction of sp³-hybridized carbons (Fsp3) is 0.714. The molecule has 0 spiro atoms. The van der Waals surface area contributed by atoms with Gasteiger partial charge in [0.25, 0.3) is 0 Å². The SMILES string of the molecule is C[CH2][AlH][C](C)(C)CC(NC(=O)NC(CCC(=O)O)C(=O)O)C(=O)O. The lowest BCUT2D eigenvalue weighted by Gasteiger charge is -2.27. The van der Waals surface area contributed by atoms with E-state index < -0.39 is 57.7 Å². The highest BCUT2D eigenvalue weighted by Gasteiger charge is 2.30. The van der Waals surface area contributed by atoms with Crippen molar-refractivity contribution >= 4 is 39.2 Å². The molecule has 5 N–H and O–H groups in total. The smallest absolute Gasteiger partial charge is 0.326 e. The number of amides is 2. The van der Waals surface area contributed by atoms with Crippen LogP contribution in [0.2, 0.25) is 9.56 Å². The number of urea groups is 1. The van der Waals surface area contributed by atoms with Crippen LogP contribution in [-0.4, -0.2) is 66.6 Å². The van der Waals surface area contributed by atoms with Gasteiger partial charge in [0, 0.05) is 6.42 Å². The Labute approximate surface area is 146 Å². The summed E-state index contributed by atoms with van der Waals surface area (Å²) in [5, 5.41) is 32.2. The van der Waals surface area contributed by atoms with E-state index in [-0.39, 0.29) is 17.1 Å². The third-order valence-electron chi connectivity index (χ3n) is 3.54. The zero-order chi connectivity index (χ0) is 18.9. The Morgan fingerprint density at radius 3 is 1.92 bits per heavy atom. The standard InChI is InChI=1S/C12H19N2O7.C2H5.Al.H/c1-6(2)5-8(11(19)20)14-12(21)13-7(10(17)18)3-4-9(15)16;1-2;;/h7-8H,3-5H2,1-2H3,(H,15,16)(H,17,18)(H,19,20)(H2,13,14,21);1H2,2H3;;. The van der Waals surface area contributed by atoms with Crippen LogP contribution in [-0.2, 0) is 14.4 Å². The van der Waals surface area contributed by atoms with Gasteiger partial charge in [0.15, 0.2) is 0 Å². The van der Waals surface area contributed by atoms with Crippen molar-refractivity contribution in [1.82, 2.24) is 10.6 Å². The van der Waals surface area contributed by atoms with E-state index in [1.165, 1.54) is 0 Å². The Morgan fingerprint density at radius 2 is 1.50 bits per heavy atom. The Balaban J connectivity index is 4.78. The number of carbonyl (C=O) groups is 4. The molecule has 9 nitrogen and oxygen atoms in total. The Hall–Kier alpha value is -1.79. The van der Waals surface area contributed by atoms with Crippen molar-refractivity contribution in [1.29, 1.82) is 0 Å². The van der Waals surface area contributed by atoms with Gasteiger partial charge in [-0.1, -0.05) is 30.3 Å². The molecule has 0 bridgehead atoms. The van der Waals surface area contributed by atoms with Crippen LogP contribution in [0.1, 0.15) is 40.0 Å². The van der Waals surface area contributed by atoms with Gasteiger partial charge in [-0.3, -0.25) is 4.79 Å². The van der Waals surface area contributed by atoms with Gasteiger partial charge in [-0.25, -0.2) is 14.4 Å². The number of carbonyl (C=O) groups excluding carboxylic acids is 1. The first-order chi connectivity index (χ1) is 11.0. The molecule has 0 aliphatic rings. The summed E-state index contributed by atoms with van der Waals surface area (Å²) in [6.07, 6.45) is -0.457. The molecule has 0 saturated heterocycles. The molecule has 0 rings (SSSR count). The van der Waals surface area contributed by atoms with Gasteiger partial charge in [0.1, 0.15) is 12.1 Å². The number of hydrogen-bond donors (Lipinski definition) is 5. The van der Waals surface area contributed by atoms with Crippen LogP contribution >= 0.6 is 0 Å². The van der Waals surface area contributed by atoms with E-state index in [2.05, 4.69) is 10.6 Å². The van der Waals surface area contributed by atoms with Crippen LogP contribution < -0.4 is 10.6 Å². The first-order valence-electron chi connectivity index (χ1n) is 7.73. The van der Waals surface area contributed by atoms with Crippen molar-refractivity contribution in [3.8, 4) is 0 Å². The Morgan fingerprint density at radius 1 is 1.00 bits per heavy atom. The monoisotopic (exact) mass is 360 g/mol. The average Bonchev–Trinajstić information content (AvgIpc) is 2.41. The summed E-state index contributed by atoms with van der Waals surface area (Å²) >= 11 is -0.506. The largest absolute Gasteiger partial charge is 0.481 e. The zero-order valence-electron chi connectivity index (χ0n) is 14.2. The molecule has 0 heterocycles. The van der Waals surface area contributed by atoms with Crippen LogP contribution in [0.25, 0.3) is 0 Å². The molecule has 0 aromatic heterocycles. The van der Waals surface area contributed by atoms with Crippen molar-refractivity contribution in [2.75, 3.05) is 0 Å². The Kier molecular flexibility index (Phi) is 9.40. The minimum atomic E-state index is -1.39. The number of carboxylic acids is 3. The summed E-state index contributed by atoms with van der Waals surface area (Å²) in [6.45, 7) is 5.93. The van der Waals surface area contributed by atoms with Crippen molar-refractivity contribution in [2.24, 2.45) is 0 Å². The highest BCUT2D eigenvalue weighted by molar-refractivity contribution is 6.39. The summed E-state index contributed by atoms with van der Waals surface area (Å²) in [5.41, 5.74) is 0. The van der Waals surface area contributed by atoms with E-state index >= 15 is 0 Å².